The van der Waals surface area contributed by atoms with E-state index in [4.69, 9.17) is 27.0 Å². The van der Waals surface area contributed by atoms with Crippen molar-refractivity contribution in [2.45, 2.75) is 11.0 Å². The number of ether oxygens (including phenoxy) is 1. The van der Waals surface area contributed by atoms with Crippen molar-refractivity contribution in [3.05, 3.63) is 45.6 Å². The molecule has 0 saturated carbocycles. The highest BCUT2D eigenvalue weighted by atomic mass is 35.7. The van der Waals surface area contributed by atoms with Crippen molar-refractivity contribution in [1.82, 2.24) is 5.32 Å². The second-order valence-electron chi connectivity index (χ2n) is 5.36. The Morgan fingerprint density at radius 1 is 1.27 bits per heavy atom. The number of cyclic esters (lactones) is 1. The van der Waals surface area contributed by atoms with E-state index in [1.807, 2.05) is 0 Å². The summed E-state index contributed by atoms with van der Waals surface area (Å²) in [6.07, 6.45) is -1.11. The van der Waals surface area contributed by atoms with Gasteiger partial charge in [0.1, 0.15) is 6.10 Å². The Bertz CT molecular complexity index is 943. The summed E-state index contributed by atoms with van der Waals surface area (Å²) in [5, 5.41) is 2.69. The van der Waals surface area contributed by atoms with E-state index in [0.29, 0.717) is 14.9 Å². The maximum absolute atomic E-state index is 12.0. The number of hydrogen-bond donors (Lipinski definition) is 1. The number of nitrogens with zero attached hydrogens (tertiary/aromatic N) is 1. The summed E-state index contributed by atoms with van der Waals surface area (Å²) in [6.45, 7) is 0.363. The average molecular weight is 435 g/mol. The van der Waals surface area contributed by atoms with Crippen LogP contribution < -0.4 is 10.2 Å². The van der Waals surface area contributed by atoms with Crippen molar-refractivity contribution >= 4 is 60.4 Å². The number of halogens is 2. The Kier molecular flexibility index (Phi) is 5.42. The van der Waals surface area contributed by atoms with Crippen LogP contribution in [0.15, 0.2) is 41.3 Å². The summed E-state index contributed by atoms with van der Waals surface area (Å²) in [6, 6.07) is 8.78. The Morgan fingerprint density at radius 3 is 2.54 bits per heavy atom. The predicted octanol–water partition coefficient (Wildman–Crippen LogP) is 3.08. The smallest absolute Gasteiger partial charge is 0.414 e. The van der Waals surface area contributed by atoms with E-state index >= 15 is 0 Å². The minimum absolute atomic E-state index is 0.0612. The molecule has 2 amide bonds. The molecule has 1 aromatic carbocycles. The molecule has 0 spiro atoms. The summed E-state index contributed by atoms with van der Waals surface area (Å²) in [7, 11) is 1.44. The van der Waals surface area contributed by atoms with E-state index in [2.05, 4.69) is 5.32 Å². The molecule has 138 valence electrons. The third-order valence-electron chi connectivity index (χ3n) is 3.59. The molecule has 1 atom stereocenters. The lowest BCUT2D eigenvalue weighted by atomic mass is 10.2. The van der Waals surface area contributed by atoms with E-state index in [-0.39, 0.29) is 23.9 Å². The first-order valence-electron chi connectivity index (χ1n) is 7.30. The number of benzene rings is 1. The number of anilines is 1. The largest absolute Gasteiger partial charge is 0.442 e. The normalized spacial score (nSPS) is 17.2. The van der Waals surface area contributed by atoms with E-state index in [9.17, 15) is 18.0 Å². The van der Waals surface area contributed by atoms with Crippen LogP contribution in [-0.4, -0.2) is 39.6 Å². The van der Waals surface area contributed by atoms with Crippen LogP contribution in [0.4, 0.5) is 10.5 Å². The lowest BCUT2D eigenvalue weighted by Crippen LogP contribution is -2.34. The van der Waals surface area contributed by atoms with Gasteiger partial charge in [-0.15, -0.1) is 11.3 Å². The minimum Gasteiger partial charge on any atom is -0.442 e. The SMILES string of the molecule is O=C(NCC1CN(c2ccc(S(=O)(=O)Cl)cc2)C(=O)O1)c1ccc(Cl)s1. The summed E-state index contributed by atoms with van der Waals surface area (Å²) < 4.78 is 28.3. The van der Waals surface area contributed by atoms with Gasteiger partial charge < -0.3 is 10.1 Å². The summed E-state index contributed by atoms with van der Waals surface area (Å²) in [5.74, 6) is -0.298. The first-order valence-corrected chi connectivity index (χ1v) is 10.8. The van der Waals surface area contributed by atoms with Gasteiger partial charge in [-0.05, 0) is 36.4 Å². The Labute approximate surface area is 162 Å². The summed E-state index contributed by atoms with van der Waals surface area (Å²) >= 11 is 6.95. The molecule has 0 aliphatic carbocycles. The number of nitrogens with one attached hydrogen (secondary N) is 1. The van der Waals surface area contributed by atoms with Crippen LogP contribution in [0.25, 0.3) is 0 Å². The van der Waals surface area contributed by atoms with Gasteiger partial charge in [0.2, 0.25) is 0 Å². The van der Waals surface area contributed by atoms with Gasteiger partial charge in [-0.1, -0.05) is 11.6 Å². The highest BCUT2D eigenvalue weighted by Crippen LogP contribution is 2.25. The molecule has 1 aliphatic rings. The van der Waals surface area contributed by atoms with Crippen molar-refractivity contribution in [3.63, 3.8) is 0 Å². The molecule has 0 radical (unpaired) electrons. The van der Waals surface area contributed by atoms with E-state index in [1.165, 1.54) is 29.2 Å². The molecule has 3 rings (SSSR count). The van der Waals surface area contributed by atoms with Crippen LogP contribution in [-0.2, 0) is 13.8 Å². The van der Waals surface area contributed by atoms with Crippen molar-refractivity contribution in [2.75, 3.05) is 18.0 Å². The van der Waals surface area contributed by atoms with Crippen molar-refractivity contribution in [1.29, 1.82) is 0 Å². The lowest BCUT2D eigenvalue weighted by molar-refractivity contribution is 0.0920. The molecule has 1 N–H and O–H groups in total. The quantitative estimate of drug-likeness (QED) is 0.729. The topological polar surface area (TPSA) is 92.8 Å². The second kappa shape index (κ2) is 7.43. The molecule has 26 heavy (non-hydrogen) atoms. The van der Waals surface area contributed by atoms with E-state index in [0.717, 1.165) is 11.3 Å². The van der Waals surface area contributed by atoms with Crippen molar-refractivity contribution in [2.24, 2.45) is 0 Å². The first kappa shape index (κ1) is 19.0. The average Bonchev–Trinajstić information content (AvgIpc) is 3.18. The van der Waals surface area contributed by atoms with Gasteiger partial charge in [-0.25, -0.2) is 13.2 Å². The van der Waals surface area contributed by atoms with Crippen LogP contribution in [0.5, 0.6) is 0 Å². The fourth-order valence-electron chi connectivity index (χ4n) is 2.36. The minimum atomic E-state index is -3.83. The fourth-order valence-corrected chi connectivity index (χ4v) is 4.09. The van der Waals surface area contributed by atoms with E-state index < -0.39 is 21.2 Å². The third-order valence-corrected chi connectivity index (χ3v) is 6.19. The Balaban J connectivity index is 1.61. The van der Waals surface area contributed by atoms with Crippen LogP contribution in [0, 0.1) is 0 Å². The first-order chi connectivity index (χ1) is 12.2. The van der Waals surface area contributed by atoms with Crippen molar-refractivity contribution < 1.29 is 22.7 Å². The zero-order valence-electron chi connectivity index (χ0n) is 13.0. The number of carbonyl (C=O) groups is 2. The molecule has 11 heteroatoms. The predicted molar refractivity (Wildman–Crippen MR) is 98.8 cm³/mol. The molecule has 2 aromatic rings. The highest BCUT2D eigenvalue weighted by Gasteiger charge is 2.32. The second-order valence-corrected chi connectivity index (χ2v) is 9.64. The monoisotopic (exact) mass is 434 g/mol. The standard InChI is InChI=1S/C15H12Cl2N2O5S2/c16-13-6-5-12(25-13)14(20)18-7-10-8-19(15(21)24-10)9-1-3-11(4-2-9)26(17,22)23/h1-6,10H,7-8H2,(H,18,20). The maximum atomic E-state index is 12.0. The number of carbonyl (C=O) groups excluding carboxylic acids is 2. The fraction of sp³-hybridized carbons (Fsp3) is 0.200. The van der Waals surface area contributed by atoms with Gasteiger partial charge >= 0.3 is 6.09 Å². The molecule has 1 unspecified atom stereocenters. The summed E-state index contributed by atoms with van der Waals surface area (Å²) in [5.41, 5.74) is 0.470. The van der Waals surface area contributed by atoms with Gasteiger partial charge in [-0.2, -0.15) is 0 Å². The molecular weight excluding hydrogens is 423 g/mol. The van der Waals surface area contributed by atoms with Crippen LogP contribution >= 0.6 is 33.6 Å². The van der Waals surface area contributed by atoms with Gasteiger partial charge in [0.25, 0.3) is 15.0 Å². The van der Waals surface area contributed by atoms with Gasteiger partial charge in [-0.3, -0.25) is 9.69 Å². The number of thiophene rings is 1. The molecule has 0 bridgehead atoms. The molecule has 2 heterocycles. The maximum Gasteiger partial charge on any atom is 0.414 e. The number of hydrogen-bond acceptors (Lipinski definition) is 6. The summed E-state index contributed by atoms with van der Waals surface area (Å²) in [4.78, 5) is 25.8. The molecule has 1 aliphatic heterocycles. The van der Waals surface area contributed by atoms with Crippen molar-refractivity contribution in [3.8, 4) is 0 Å². The molecule has 1 aromatic heterocycles. The van der Waals surface area contributed by atoms with Crippen LogP contribution in [0.3, 0.4) is 0 Å². The molecule has 7 nitrogen and oxygen atoms in total. The molecule has 1 saturated heterocycles. The zero-order valence-corrected chi connectivity index (χ0v) is 16.2. The highest BCUT2D eigenvalue weighted by molar-refractivity contribution is 8.13. The molecule has 1 fully saturated rings. The van der Waals surface area contributed by atoms with E-state index in [1.54, 1.807) is 12.1 Å². The van der Waals surface area contributed by atoms with Gasteiger partial charge in [0, 0.05) is 16.4 Å². The number of rotatable bonds is 5. The van der Waals surface area contributed by atoms with Crippen LogP contribution in [0.2, 0.25) is 4.34 Å². The third kappa shape index (κ3) is 4.29. The number of amides is 2. The molecular formula is C15H12Cl2N2O5S2. The van der Waals surface area contributed by atoms with Gasteiger partial charge in [0.05, 0.1) is 27.2 Å². The van der Waals surface area contributed by atoms with Gasteiger partial charge in [0.15, 0.2) is 0 Å². The lowest BCUT2D eigenvalue weighted by Gasteiger charge is -2.13. The van der Waals surface area contributed by atoms with Crippen LogP contribution in [0.1, 0.15) is 9.67 Å². The Hall–Kier alpha value is -1.81. The Morgan fingerprint density at radius 2 is 1.96 bits per heavy atom. The zero-order chi connectivity index (χ0) is 18.9.